The molecule has 7 heteroatoms. The van der Waals surface area contributed by atoms with Gasteiger partial charge in [0, 0.05) is 23.7 Å². The monoisotopic (exact) mass is 332 g/mol. The number of aliphatic carboxylic acids is 1. The van der Waals surface area contributed by atoms with E-state index in [0.29, 0.717) is 23.7 Å². The number of carbonyl (C=O) groups is 3. The zero-order chi connectivity index (χ0) is 17.3. The third kappa shape index (κ3) is 3.56. The number of amides is 2. The minimum Gasteiger partial charge on any atom is -0.479 e. The predicted octanol–water partition coefficient (Wildman–Crippen LogP) is 1.21. The molecule has 2 aliphatic rings. The Kier molecular flexibility index (Phi) is 4.53. The lowest BCUT2D eigenvalue weighted by Gasteiger charge is -2.31. The zero-order valence-electron chi connectivity index (χ0n) is 13.4. The Morgan fingerprint density at radius 2 is 2.08 bits per heavy atom. The van der Waals surface area contributed by atoms with E-state index in [1.165, 1.54) is 4.90 Å². The Balaban J connectivity index is 1.67. The molecule has 1 aliphatic heterocycles. The van der Waals surface area contributed by atoms with Crippen LogP contribution >= 0.6 is 0 Å². The van der Waals surface area contributed by atoms with Gasteiger partial charge >= 0.3 is 5.97 Å². The van der Waals surface area contributed by atoms with Crippen LogP contribution in [0.25, 0.3) is 0 Å². The summed E-state index contributed by atoms with van der Waals surface area (Å²) >= 11 is 0. The fourth-order valence-electron chi connectivity index (χ4n) is 2.82. The lowest BCUT2D eigenvalue weighted by atomic mass is 10.1. The number of carboxylic acid groups (broad SMARTS) is 1. The largest absolute Gasteiger partial charge is 0.479 e. The second-order valence-corrected chi connectivity index (χ2v) is 6.34. The molecule has 2 amide bonds. The standard InChI is InChI=1S/C17H20N2O5/c1-10-7-13(10)15(20)18-12-4-2-3-11(8-12)16(21)19-5-6-24-14(9-19)17(22)23/h2-4,8,10,13-14H,5-7,9H2,1H3,(H,18,20)(H,22,23). The van der Waals surface area contributed by atoms with Crippen LogP contribution in [-0.2, 0) is 14.3 Å². The first-order valence-corrected chi connectivity index (χ1v) is 8.00. The first-order valence-electron chi connectivity index (χ1n) is 8.00. The molecule has 1 aromatic rings. The van der Waals surface area contributed by atoms with Crippen LogP contribution in [0.4, 0.5) is 5.69 Å². The smallest absolute Gasteiger partial charge is 0.334 e. The highest BCUT2D eigenvalue weighted by Gasteiger charge is 2.39. The van der Waals surface area contributed by atoms with Crippen molar-refractivity contribution in [2.75, 3.05) is 25.0 Å². The van der Waals surface area contributed by atoms with Gasteiger partial charge in [-0.1, -0.05) is 13.0 Å². The van der Waals surface area contributed by atoms with Crippen LogP contribution in [0.15, 0.2) is 24.3 Å². The van der Waals surface area contributed by atoms with Gasteiger partial charge in [-0.05, 0) is 30.5 Å². The van der Waals surface area contributed by atoms with E-state index in [1.807, 2.05) is 6.92 Å². The van der Waals surface area contributed by atoms with Crippen LogP contribution in [0.3, 0.4) is 0 Å². The van der Waals surface area contributed by atoms with E-state index in [2.05, 4.69) is 5.32 Å². The minimum absolute atomic E-state index is 0.0182. The van der Waals surface area contributed by atoms with Gasteiger partial charge in [-0.2, -0.15) is 0 Å². The van der Waals surface area contributed by atoms with Crippen molar-refractivity contribution in [3.05, 3.63) is 29.8 Å². The number of ether oxygens (including phenoxy) is 1. The molecule has 2 N–H and O–H groups in total. The van der Waals surface area contributed by atoms with Crippen molar-refractivity contribution in [2.45, 2.75) is 19.4 Å². The van der Waals surface area contributed by atoms with E-state index < -0.39 is 12.1 Å². The fraction of sp³-hybridized carbons (Fsp3) is 0.471. The van der Waals surface area contributed by atoms with E-state index in [0.717, 1.165) is 6.42 Å². The lowest BCUT2D eigenvalue weighted by Crippen LogP contribution is -2.48. The number of hydrogen-bond donors (Lipinski definition) is 2. The molecule has 0 spiro atoms. The summed E-state index contributed by atoms with van der Waals surface area (Å²) in [5.74, 6) is -0.895. The SMILES string of the molecule is CC1CC1C(=O)Nc1cccc(C(=O)N2CCOC(C(=O)O)C2)c1. The quantitative estimate of drug-likeness (QED) is 0.864. The summed E-state index contributed by atoms with van der Waals surface area (Å²) in [5.41, 5.74) is 0.996. The van der Waals surface area contributed by atoms with Crippen LogP contribution in [0, 0.1) is 11.8 Å². The molecular weight excluding hydrogens is 312 g/mol. The highest BCUT2D eigenvalue weighted by atomic mass is 16.5. The van der Waals surface area contributed by atoms with E-state index in [4.69, 9.17) is 9.84 Å². The molecule has 1 aromatic carbocycles. The van der Waals surface area contributed by atoms with Crippen LogP contribution in [0.5, 0.6) is 0 Å². The van der Waals surface area contributed by atoms with Gasteiger partial charge in [0.15, 0.2) is 6.10 Å². The second kappa shape index (κ2) is 6.60. The van der Waals surface area contributed by atoms with E-state index in [1.54, 1.807) is 24.3 Å². The number of morpholine rings is 1. The van der Waals surface area contributed by atoms with Gasteiger partial charge in [0.1, 0.15) is 0 Å². The van der Waals surface area contributed by atoms with Crippen molar-refractivity contribution in [1.29, 1.82) is 0 Å². The summed E-state index contributed by atoms with van der Waals surface area (Å²) in [7, 11) is 0. The number of anilines is 1. The average molecular weight is 332 g/mol. The van der Waals surface area contributed by atoms with Gasteiger partial charge in [-0.3, -0.25) is 9.59 Å². The van der Waals surface area contributed by atoms with Gasteiger partial charge in [0.25, 0.3) is 5.91 Å². The third-order valence-corrected chi connectivity index (χ3v) is 4.45. The Bertz CT molecular complexity index is 675. The first kappa shape index (κ1) is 16.4. The molecule has 0 bridgehead atoms. The summed E-state index contributed by atoms with van der Waals surface area (Å²) in [5, 5.41) is 11.9. The van der Waals surface area contributed by atoms with Crippen molar-refractivity contribution in [3.8, 4) is 0 Å². The molecule has 1 heterocycles. The highest BCUT2D eigenvalue weighted by Crippen LogP contribution is 2.38. The number of rotatable bonds is 4. The lowest BCUT2D eigenvalue weighted by molar-refractivity contribution is -0.154. The van der Waals surface area contributed by atoms with Crippen LogP contribution < -0.4 is 5.32 Å². The number of benzene rings is 1. The van der Waals surface area contributed by atoms with Crippen molar-refractivity contribution in [3.63, 3.8) is 0 Å². The molecule has 2 fully saturated rings. The van der Waals surface area contributed by atoms with Gasteiger partial charge in [0.2, 0.25) is 5.91 Å². The van der Waals surface area contributed by atoms with E-state index in [9.17, 15) is 14.4 Å². The van der Waals surface area contributed by atoms with Crippen molar-refractivity contribution in [2.24, 2.45) is 11.8 Å². The third-order valence-electron chi connectivity index (χ3n) is 4.45. The molecule has 3 unspecified atom stereocenters. The summed E-state index contributed by atoms with van der Waals surface area (Å²) < 4.78 is 5.12. The highest BCUT2D eigenvalue weighted by molar-refractivity contribution is 5.98. The van der Waals surface area contributed by atoms with Gasteiger partial charge < -0.3 is 20.1 Å². The second-order valence-electron chi connectivity index (χ2n) is 6.34. The van der Waals surface area contributed by atoms with Crippen molar-refractivity contribution in [1.82, 2.24) is 4.90 Å². The summed E-state index contributed by atoms with van der Waals surface area (Å²) in [6, 6.07) is 6.72. The topological polar surface area (TPSA) is 95.9 Å². The predicted molar refractivity (Wildman–Crippen MR) is 85.6 cm³/mol. The summed E-state index contributed by atoms with van der Waals surface area (Å²) in [6.07, 6.45) is -0.101. The maximum Gasteiger partial charge on any atom is 0.334 e. The minimum atomic E-state index is -1.08. The maximum absolute atomic E-state index is 12.6. The number of nitrogens with zero attached hydrogens (tertiary/aromatic N) is 1. The van der Waals surface area contributed by atoms with Crippen molar-refractivity contribution >= 4 is 23.5 Å². The molecule has 0 aromatic heterocycles. The van der Waals surface area contributed by atoms with Gasteiger partial charge in [-0.15, -0.1) is 0 Å². The Morgan fingerprint density at radius 3 is 2.75 bits per heavy atom. The number of carboxylic acids is 1. The molecule has 128 valence electrons. The van der Waals surface area contributed by atoms with Crippen LogP contribution in [-0.4, -0.2) is 53.6 Å². The van der Waals surface area contributed by atoms with E-state index >= 15 is 0 Å². The Morgan fingerprint density at radius 1 is 1.33 bits per heavy atom. The molecule has 1 saturated heterocycles. The summed E-state index contributed by atoms with van der Waals surface area (Å²) in [6.45, 7) is 2.59. The Hall–Kier alpha value is -2.41. The van der Waals surface area contributed by atoms with E-state index in [-0.39, 0.29) is 30.9 Å². The molecule has 0 radical (unpaired) electrons. The van der Waals surface area contributed by atoms with Gasteiger partial charge in [-0.25, -0.2) is 4.79 Å². The molecule has 3 atom stereocenters. The fourth-order valence-corrected chi connectivity index (χ4v) is 2.82. The Labute approximate surface area is 139 Å². The maximum atomic E-state index is 12.6. The summed E-state index contributed by atoms with van der Waals surface area (Å²) in [4.78, 5) is 37.1. The first-order chi connectivity index (χ1) is 11.5. The molecule has 7 nitrogen and oxygen atoms in total. The normalized spacial score (nSPS) is 25.9. The average Bonchev–Trinajstić information content (AvgIpc) is 3.31. The number of hydrogen-bond acceptors (Lipinski definition) is 4. The van der Waals surface area contributed by atoms with Crippen molar-refractivity contribution < 1.29 is 24.2 Å². The van der Waals surface area contributed by atoms with Gasteiger partial charge in [0.05, 0.1) is 13.2 Å². The van der Waals surface area contributed by atoms with Crippen LogP contribution in [0.1, 0.15) is 23.7 Å². The molecule has 24 heavy (non-hydrogen) atoms. The number of nitrogens with one attached hydrogen (secondary N) is 1. The molecule has 3 rings (SSSR count). The molecule has 1 saturated carbocycles. The molecule has 1 aliphatic carbocycles. The number of carbonyl (C=O) groups excluding carboxylic acids is 2. The zero-order valence-corrected chi connectivity index (χ0v) is 13.4. The molecular formula is C17H20N2O5. The van der Waals surface area contributed by atoms with Crippen LogP contribution in [0.2, 0.25) is 0 Å².